The number of hydrogen-bond acceptors (Lipinski definition) is 4. The van der Waals surface area contributed by atoms with Gasteiger partial charge in [-0.15, -0.1) is 0 Å². The number of fused-ring (bicyclic) bond motifs is 3. The molecule has 0 amide bonds. The standard InChI is InChI=1S/C26H19N4O/c1-16-11-24-27-15-21-14-23(18-5-3-2-4-6-18)25(28-26(21)30(24)29-16)19-9-7-17(8-10-19)20-12-22(31)13-20/h2-11,14-15H,12-13H2,1H3. The first-order valence-corrected chi connectivity index (χ1v) is 10.3. The Hall–Kier alpha value is -3.86. The number of rotatable bonds is 3. The van der Waals surface area contributed by atoms with E-state index in [0.29, 0.717) is 18.6 Å². The molecule has 1 aliphatic rings. The van der Waals surface area contributed by atoms with E-state index in [1.165, 1.54) is 5.92 Å². The number of nitrogens with zero attached hydrogens (tertiary/aromatic N) is 4. The first kappa shape index (κ1) is 18.0. The molecule has 5 nitrogen and oxygen atoms in total. The molecular formula is C26H19N4O. The molecule has 0 bridgehead atoms. The van der Waals surface area contributed by atoms with Gasteiger partial charge in [-0.2, -0.15) is 9.61 Å². The number of benzene rings is 2. The summed E-state index contributed by atoms with van der Waals surface area (Å²) >= 11 is 0. The molecule has 3 heterocycles. The van der Waals surface area contributed by atoms with Gasteiger partial charge < -0.3 is 0 Å². The van der Waals surface area contributed by atoms with Gasteiger partial charge in [0.2, 0.25) is 0 Å². The number of carbonyl (C=O) groups is 1. The van der Waals surface area contributed by atoms with E-state index in [0.717, 1.165) is 50.3 Å². The van der Waals surface area contributed by atoms with Crippen molar-refractivity contribution in [1.82, 2.24) is 19.6 Å². The Morgan fingerprint density at radius 1 is 0.871 bits per heavy atom. The van der Waals surface area contributed by atoms with E-state index in [-0.39, 0.29) is 0 Å². The van der Waals surface area contributed by atoms with Crippen LogP contribution >= 0.6 is 0 Å². The lowest BCUT2D eigenvalue weighted by molar-refractivity contribution is -0.121. The molecule has 1 aliphatic carbocycles. The first-order valence-electron chi connectivity index (χ1n) is 10.3. The normalized spacial score (nSPS) is 14.3. The van der Waals surface area contributed by atoms with Crippen LogP contribution in [0.2, 0.25) is 0 Å². The van der Waals surface area contributed by atoms with Crippen molar-refractivity contribution < 1.29 is 4.79 Å². The SMILES string of the molecule is Cc1cc2ncc3cc(-c4ccccc4)c(-c4ccc([C]5CC(=O)C5)cc4)nc3n2n1. The van der Waals surface area contributed by atoms with Crippen LogP contribution in [-0.4, -0.2) is 25.4 Å². The third-order valence-electron chi connectivity index (χ3n) is 5.85. The van der Waals surface area contributed by atoms with E-state index in [4.69, 9.17) is 4.98 Å². The van der Waals surface area contributed by atoms with E-state index in [2.05, 4.69) is 52.5 Å². The van der Waals surface area contributed by atoms with Crippen LogP contribution in [0.4, 0.5) is 0 Å². The Morgan fingerprint density at radius 2 is 1.61 bits per heavy atom. The predicted octanol–water partition coefficient (Wildman–Crippen LogP) is 5.21. The number of hydrogen-bond donors (Lipinski definition) is 0. The van der Waals surface area contributed by atoms with Gasteiger partial charge in [-0.05, 0) is 24.1 Å². The molecule has 0 saturated heterocycles. The Morgan fingerprint density at radius 3 is 2.35 bits per heavy atom. The molecule has 5 heteroatoms. The average Bonchev–Trinajstić information content (AvgIpc) is 3.17. The Bertz CT molecular complexity index is 1440. The minimum absolute atomic E-state index is 0.314. The maximum atomic E-state index is 11.4. The predicted molar refractivity (Wildman–Crippen MR) is 120 cm³/mol. The summed E-state index contributed by atoms with van der Waals surface area (Å²) in [6, 6.07) is 22.8. The Kier molecular flexibility index (Phi) is 3.96. The van der Waals surface area contributed by atoms with Crippen LogP contribution in [0.1, 0.15) is 24.1 Å². The maximum absolute atomic E-state index is 11.4. The quantitative estimate of drug-likeness (QED) is 0.415. The summed E-state index contributed by atoms with van der Waals surface area (Å²) < 4.78 is 1.81. The van der Waals surface area contributed by atoms with Gasteiger partial charge >= 0.3 is 0 Å². The van der Waals surface area contributed by atoms with E-state index < -0.39 is 0 Å². The van der Waals surface area contributed by atoms with Crippen molar-refractivity contribution in [3.8, 4) is 22.4 Å². The first-order chi connectivity index (χ1) is 15.2. The van der Waals surface area contributed by atoms with Crippen molar-refractivity contribution >= 4 is 22.5 Å². The topological polar surface area (TPSA) is 60.2 Å². The summed E-state index contributed by atoms with van der Waals surface area (Å²) in [5, 5.41) is 5.54. The van der Waals surface area contributed by atoms with Crippen LogP contribution in [0.3, 0.4) is 0 Å². The van der Waals surface area contributed by atoms with Gasteiger partial charge in [-0.3, -0.25) is 4.79 Å². The van der Waals surface area contributed by atoms with Gasteiger partial charge in [0, 0.05) is 47.5 Å². The van der Waals surface area contributed by atoms with Gasteiger partial charge in [-0.25, -0.2) is 9.97 Å². The summed E-state index contributed by atoms with van der Waals surface area (Å²) in [5.41, 5.74) is 7.72. The summed E-state index contributed by atoms with van der Waals surface area (Å²) in [6.07, 6.45) is 3.02. The highest BCUT2D eigenvalue weighted by Gasteiger charge is 2.28. The third kappa shape index (κ3) is 3.01. The molecule has 0 unspecified atom stereocenters. The monoisotopic (exact) mass is 403 g/mol. The Balaban J connectivity index is 1.56. The fourth-order valence-corrected chi connectivity index (χ4v) is 4.20. The molecule has 3 aromatic heterocycles. The molecule has 0 N–H and O–H groups in total. The highest BCUT2D eigenvalue weighted by molar-refractivity contribution is 5.92. The van der Waals surface area contributed by atoms with Crippen LogP contribution in [0.25, 0.3) is 39.1 Å². The summed E-state index contributed by atoms with van der Waals surface area (Å²) in [5.74, 6) is 1.53. The van der Waals surface area contributed by atoms with Crippen molar-refractivity contribution in [2.75, 3.05) is 0 Å². The fourth-order valence-electron chi connectivity index (χ4n) is 4.20. The minimum Gasteiger partial charge on any atom is -0.300 e. The highest BCUT2D eigenvalue weighted by Crippen LogP contribution is 2.36. The summed E-state index contributed by atoms with van der Waals surface area (Å²) in [7, 11) is 0. The molecule has 0 atom stereocenters. The lowest BCUT2D eigenvalue weighted by atomic mass is 9.78. The highest BCUT2D eigenvalue weighted by atomic mass is 16.1. The number of Topliss-reactive ketones (excluding diaryl/α,β-unsaturated/α-hetero) is 1. The fraction of sp³-hybridized carbons (Fsp3) is 0.115. The van der Waals surface area contributed by atoms with Crippen LogP contribution in [0, 0.1) is 12.8 Å². The molecule has 5 aromatic rings. The van der Waals surface area contributed by atoms with Gasteiger partial charge in [-0.1, -0.05) is 54.6 Å². The summed E-state index contributed by atoms with van der Waals surface area (Å²) in [6.45, 7) is 1.96. The van der Waals surface area contributed by atoms with Crippen molar-refractivity contribution in [2.45, 2.75) is 19.8 Å². The van der Waals surface area contributed by atoms with Crippen LogP contribution in [-0.2, 0) is 4.79 Å². The van der Waals surface area contributed by atoms with E-state index in [1.807, 2.05) is 41.9 Å². The number of ketones is 1. The molecule has 1 fully saturated rings. The molecule has 6 rings (SSSR count). The lowest BCUT2D eigenvalue weighted by Gasteiger charge is -2.23. The number of carbonyl (C=O) groups excluding carboxylic acids is 1. The molecule has 0 spiro atoms. The van der Waals surface area contributed by atoms with Crippen molar-refractivity contribution in [3.63, 3.8) is 0 Å². The zero-order chi connectivity index (χ0) is 20.9. The minimum atomic E-state index is 0.314. The number of aryl methyl sites for hydroxylation is 1. The van der Waals surface area contributed by atoms with E-state index in [9.17, 15) is 4.79 Å². The van der Waals surface area contributed by atoms with E-state index >= 15 is 0 Å². The molecule has 1 radical (unpaired) electrons. The van der Waals surface area contributed by atoms with Gasteiger partial charge in [0.25, 0.3) is 0 Å². The molecule has 1 saturated carbocycles. The van der Waals surface area contributed by atoms with Crippen molar-refractivity contribution in [3.05, 3.63) is 90.1 Å². The molecular weight excluding hydrogens is 384 g/mol. The molecule has 0 aliphatic heterocycles. The smallest absolute Gasteiger partial charge is 0.165 e. The zero-order valence-electron chi connectivity index (χ0n) is 17.0. The van der Waals surface area contributed by atoms with Crippen LogP contribution in [0.15, 0.2) is 72.9 Å². The molecule has 31 heavy (non-hydrogen) atoms. The summed E-state index contributed by atoms with van der Waals surface area (Å²) in [4.78, 5) is 21.0. The van der Waals surface area contributed by atoms with Crippen LogP contribution < -0.4 is 0 Å². The zero-order valence-corrected chi connectivity index (χ0v) is 17.0. The van der Waals surface area contributed by atoms with Gasteiger partial charge in [0.15, 0.2) is 11.3 Å². The molecule has 2 aromatic carbocycles. The van der Waals surface area contributed by atoms with Gasteiger partial charge in [0.05, 0.1) is 11.4 Å². The van der Waals surface area contributed by atoms with Crippen LogP contribution in [0.5, 0.6) is 0 Å². The molecule has 149 valence electrons. The second-order valence-corrected chi connectivity index (χ2v) is 8.05. The van der Waals surface area contributed by atoms with E-state index in [1.54, 1.807) is 0 Å². The van der Waals surface area contributed by atoms with Crippen molar-refractivity contribution in [1.29, 1.82) is 0 Å². The lowest BCUT2D eigenvalue weighted by Crippen LogP contribution is -2.21. The number of pyridine rings is 1. The maximum Gasteiger partial charge on any atom is 0.165 e. The third-order valence-corrected chi connectivity index (χ3v) is 5.85. The average molecular weight is 403 g/mol. The Labute approximate surface area is 179 Å². The van der Waals surface area contributed by atoms with Gasteiger partial charge in [0.1, 0.15) is 5.78 Å². The second-order valence-electron chi connectivity index (χ2n) is 8.05. The van der Waals surface area contributed by atoms with Crippen molar-refractivity contribution in [2.24, 2.45) is 0 Å². The second kappa shape index (κ2) is 6.84. The number of aromatic nitrogens is 4. The largest absolute Gasteiger partial charge is 0.300 e.